The fraction of sp³-hybridized carbons (Fsp3) is 0.667. The molecule has 0 spiro atoms. The van der Waals surface area contributed by atoms with Crippen molar-refractivity contribution in [1.82, 2.24) is 10.2 Å². The molecule has 0 aromatic heterocycles. The molecule has 0 amide bonds. The molecule has 1 atom stereocenters. The summed E-state index contributed by atoms with van der Waals surface area (Å²) in [5.74, 6) is 0. The van der Waals surface area contributed by atoms with Crippen LogP contribution in [0.5, 0.6) is 0 Å². The third kappa shape index (κ3) is 3.62. The molecular formula is C18H30N2. The van der Waals surface area contributed by atoms with E-state index in [1.807, 2.05) is 0 Å². The van der Waals surface area contributed by atoms with Gasteiger partial charge < -0.3 is 5.32 Å². The number of aryl methyl sites for hydroxylation is 1. The summed E-state index contributed by atoms with van der Waals surface area (Å²) in [4.78, 5) is 2.65. The summed E-state index contributed by atoms with van der Waals surface area (Å²) in [6, 6.07) is 9.59. The molecule has 1 fully saturated rings. The Morgan fingerprint density at radius 2 is 1.90 bits per heavy atom. The Bertz CT molecular complexity index is 408. The lowest BCUT2D eigenvalue weighted by Crippen LogP contribution is -2.43. The van der Waals surface area contributed by atoms with E-state index < -0.39 is 0 Å². The first-order valence-electron chi connectivity index (χ1n) is 8.14. The zero-order valence-corrected chi connectivity index (χ0v) is 13.6. The van der Waals surface area contributed by atoms with Gasteiger partial charge in [-0.25, -0.2) is 0 Å². The van der Waals surface area contributed by atoms with Gasteiger partial charge in [-0.15, -0.1) is 0 Å². The molecule has 2 rings (SSSR count). The van der Waals surface area contributed by atoms with Crippen LogP contribution < -0.4 is 5.32 Å². The quantitative estimate of drug-likeness (QED) is 0.849. The van der Waals surface area contributed by atoms with Crippen molar-refractivity contribution in [2.24, 2.45) is 0 Å². The van der Waals surface area contributed by atoms with E-state index in [1.165, 1.54) is 30.5 Å². The predicted octanol–water partition coefficient (Wildman–Crippen LogP) is 3.77. The lowest BCUT2D eigenvalue weighted by Gasteiger charge is -2.35. The maximum atomic E-state index is 3.66. The lowest BCUT2D eigenvalue weighted by molar-refractivity contribution is 0.157. The second-order valence-electron chi connectivity index (χ2n) is 6.57. The summed E-state index contributed by atoms with van der Waals surface area (Å²) in [5, 5.41) is 3.66. The van der Waals surface area contributed by atoms with Crippen LogP contribution in [0.1, 0.15) is 57.7 Å². The number of likely N-dealkylation sites (N-methyl/N-ethyl adjacent to an activating group) is 1. The molecule has 2 heteroatoms. The molecule has 1 saturated heterocycles. The minimum absolute atomic E-state index is 0.358. The molecule has 112 valence electrons. The Morgan fingerprint density at radius 3 is 2.40 bits per heavy atom. The number of hydrogen-bond acceptors (Lipinski definition) is 2. The topological polar surface area (TPSA) is 15.3 Å². The number of hydrogen-bond donors (Lipinski definition) is 1. The predicted molar refractivity (Wildman–Crippen MR) is 87.1 cm³/mol. The molecule has 1 aromatic carbocycles. The van der Waals surface area contributed by atoms with Crippen LogP contribution in [0, 0.1) is 0 Å². The van der Waals surface area contributed by atoms with E-state index in [9.17, 15) is 0 Å². The Kier molecular flexibility index (Phi) is 5.22. The van der Waals surface area contributed by atoms with Gasteiger partial charge in [0.2, 0.25) is 0 Å². The van der Waals surface area contributed by atoms with Crippen LogP contribution in [0.25, 0.3) is 0 Å². The summed E-state index contributed by atoms with van der Waals surface area (Å²) >= 11 is 0. The number of nitrogens with one attached hydrogen (secondary N) is 1. The number of likely N-dealkylation sites (tertiary alicyclic amines) is 1. The highest BCUT2D eigenvalue weighted by Crippen LogP contribution is 2.30. The van der Waals surface area contributed by atoms with Crippen molar-refractivity contribution in [3.63, 3.8) is 0 Å². The summed E-state index contributed by atoms with van der Waals surface area (Å²) in [7, 11) is 0. The molecule has 1 aliphatic heterocycles. The van der Waals surface area contributed by atoms with Gasteiger partial charge in [-0.3, -0.25) is 4.90 Å². The Labute approximate surface area is 124 Å². The van der Waals surface area contributed by atoms with Gasteiger partial charge >= 0.3 is 0 Å². The standard InChI is InChI=1S/C18H30N2/c1-5-15-8-10-16(11-9-15)17(19-6-2)14-20-13-7-12-18(20,3)4/h8-11,17,19H,5-7,12-14H2,1-4H3. The van der Waals surface area contributed by atoms with E-state index in [-0.39, 0.29) is 0 Å². The Morgan fingerprint density at radius 1 is 1.20 bits per heavy atom. The highest BCUT2D eigenvalue weighted by atomic mass is 15.2. The fourth-order valence-corrected chi connectivity index (χ4v) is 3.24. The van der Waals surface area contributed by atoms with E-state index in [1.54, 1.807) is 0 Å². The lowest BCUT2D eigenvalue weighted by atomic mass is 9.99. The number of nitrogens with zero attached hydrogens (tertiary/aromatic N) is 1. The summed E-state index contributed by atoms with van der Waals surface area (Å²) < 4.78 is 0. The second kappa shape index (κ2) is 6.73. The normalized spacial score (nSPS) is 20.2. The van der Waals surface area contributed by atoms with E-state index in [4.69, 9.17) is 0 Å². The monoisotopic (exact) mass is 274 g/mol. The van der Waals surface area contributed by atoms with Crippen LogP contribution in [0.4, 0.5) is 0 Å². The molecule has 1 N–H and O–H groups in total. The maximum absolute atomic E-state index is 3.66. The largest absolute Gasteiger partial charge is 0.309 e. The third-order valence-corrected chi connectivity index (χ3v) is 4.72. The average molecular weight is 274 g/mol. The number of benzene rings is 1. The average Bonchev–Trinajstić information content (AvgIpc) is 2.77. The van der Waals surface area contributed by atoms with Crippen molar-refractivity contribution in [3.05, 3.63) is 35.4 Å². The smallest absolute Gasteiger partial charge is 0.0449 e. The first-order chi connectivity index (χ1) is 9.56. The minimum atomic E-state index is 0.358. The van der Waals surface area contributed by atoms with Crippen molar-refractivity contribution in [3.8, 4) is 0 Å². The SMILES string of the molecule is CCNC(CN1CCCC1(C)C)c1ccc(CC)cc1. The molecule has 2 nitrogen and oxygen atoms in total. The molecule has 20 heavy (non-hydrogen) atoms. The Hall–Kier alpha value is -0.860. The van der Waals surface area contributed by atoms with Gasteiger partial charge in [0, 0.05) is 18.1 Å². The second-order valence-corrected chi connectivity index (χ2v) is 6.57. The zero-order valence-electron chi connectivity index (χ0n) is 13.6. The fourth-order valence-electron chi connectivity index (χ4n) is 3.24. The molecular weight excluding hydrogens is 244 g/mol. The van der Waals surface area contributed by atoms with Crippen LogP contribution in [-0.2, 0) is 6.42 Å². The van der Waals surface area contributed by atoms with Gasteiger partial charge in [0.25, 0.3) is 0 Å². The molecule has 1 aromatic rings. The van der Waals surface area contributed by atoms with Crippen LogP contribution in [-0.4, -0.2) is 30.1 Å². The van der Waals surface area contributed by atoms with Gasteiger partial charge in [-0.05, 0) is 57.3 Å². The van der Waals surface area contributed by atoms with Crippen LogP contribution in [0.3, 0.4) is 0 Å². The molecule has 0 radical (unpaired) electrons. The maximum Gasteiger partial charge on any atom is 0.0449 e. The molecule has 1 unspecified atom stereocenters. The van der Waals surface area contributed by atoms with Gasteiger partial charge in [-0.1, -0.05) is 38.1 Å². The first kappa shape index (κ1) is 15.5. The summed E-state index contributed by atoms with van der Waals surface area (Å²) in [6.07, 6.45) is 3.77. The van der Waals surface area contributed by atoms with E-state index in [0.717, 1.165) is 19.5 Å². The number of rotatable bonds is 6. The van der Waals surface area contributed by atoms with E-state index >= 15 is 0 Å². The van der Waals surface area contributed by atoms with Crippen molar-refractivity contribution >= 4 is 0 Å². The van der Waals surface area contributed by atoms with Crippen LogP contribution >= 0.6 is 0 Å². The Balaban J connectivity index is 2.09. The van der Waals surface area contributed by atoms with Gasteiger partial charge in [0.1, 0.15) is 0 Å². The third-order valence-electron chi connectivity index (χ3n) is 4.72. The summed E-state index contributed by atoms with van der Waals surface area (Å²) in [6.45, 7) is 12.5. The van der Waals surface area contributed by atoms with Crippen molar-refractivity contribution in [2.75, 3.05) is 19.6 Å². The summed E-state index contributed by atoms with van der Waals surface area (Å²) in [5.41, 5.74) is 3.20. The minimum Gasteiger partial charge on any atom is -0.309 e. The first-order valence-corrected chi connectivity index (χ1v) is 8.14. The van der Waals surface area contributed by atoms with Crippen molar-refractivity contribution < 1.29 is 0 Å². The van der Waals surface area contributed by atoms with Gasteiger partial charge in [0.15, 0.2) is 0 Å². The van der Waals surface area contributed by atoms with Gasteiger partial charge in [0.05, 0.1) is 0 Å². The van der Waals surface area contributed by atoms with Crippen molar-refractivity contribution in [1.29, 1.82) is 0 Å². The molecule has 0 saturated carbocycles. The highest BCUT2D eigenvalue weighted by molar-refractivity contribution is 5.25. The van der Waals surface area contributed by atoms with E-state index in [0.29, 0.717) is 11.6 Å². The molecule has 0 aliphatic carbocycles. The molecule has 0 bridgehead atoms. The molecule has 1 heterocycles. The van der Waals surface area contributed by atoms with Crippen LogP contribution in [0.15, 0.2) is 24.3 Å². The highest BCUT2D eigenvalue weighted by Gasteiger charge is 2.33. The zero-order chi connectivity index (χ0) is 14.6. The molecule has 1 aliphatic rings. The van der Waals surface area contributed by atoms with Crippen molar-refractivity contribution in [2.45, 2.75) is 58.5 Å². The van der Waals surface area contributed by atoms with Crippen LogP contribution in [0.2, 0.25) is 0 Å². The van der Waals surface area contributed by atoms with E-state index in [2.05, 4.69) is 62.2 Å². The van der Waals surface area contributed by atoms with Gasteiger partial charge in [-0.2, -0.15) is 0 Å².